The van der Waals surface area contributed by atoms with Crippen molar-refractivity contribution in [3.63, 3.8) is 0 Å². The van der Waals surface area contributed by atoms with Crippen LogP contribution in [0.25, 0.3) is 0 Å². The Morgan fingerprint density at radius 2 is 2.04 bits per heavy atom. The Labute approximate surface area is 151 Å². The number of halogens is 2. The van der Waals surface area contributed by atoms with Gasteiger partial charge in [-0.2, -0.15) is 0 Å². The highest BCUT2D eigenvalue weighted by atomic mass is 35.5. The van der Waals surface area contributed by atoms with Crippen LogP contribution < -0.4 is 4.74 Å². The number of hydrogen-bond donors (Lipinski definition) is 1. The van der Waals surface area contributed by atoms with Crippen LogP contribution in [0.4, 0.5) is 0 Å². The Bertz CT molecular complexity index is 723. The third-order valence-corrected chi connectivity index (χ3v) is 4.85. The van der Waals surface area contributed by atoms with Gasteiger partial charge in [-0.3, -0.25) is 4.90 Å². The fourth-order valence-electron chi connectivity index (χ4n) is 2.85. The molecule has 0 amide bonds. The number of rotatable bonds is 4. The molecular formula is C18H19Cl2NO3. The zero-order chi connectivity index (χ0) is 17.1. The van der Waals surface area contributed by atoms with Crippen LogP contribution in [0, 0.1) is 0 Å². The monoisotopic (exact) mass is 367 g/mol. The molecule has 1 aliphatic heterocycles. The lowest BCUT2D eigenvalue weighted by Crippen LogP contribution is -2.37. The first kappa shape index (κ1) is 17.4. The molecule has 0 bridgehead atoms. The molecule has 128 valence electrons. The third kappa shape index (κ3) is 3.95. The van der Waals surface area contributed by atoms with Crippen molar-refractivity contribution in [2.45, 2.75) is 12.6 Å². The van der Waals surface area contributed by atoms with E-state index in [1.807, 2.05) is 18.2 Å². The highest BCUT2D eigenvalue weighted by Gasteiger charge is 2.22. The van der Waals surface area contributed by atoms with E-state index >= 15 is 0 Å². The highest BCUT2D eigenvalue weighted by Crippen LogP contribution is 2.30. The Hall–Kier alpha value is -1.46. The summed E-state index contributed by atoms with van der Waals surface area (Å²) in [6, 6.07) is 11.1. The molecule has 0 spiro atoms. The minimum atomic E-state index is -0.0413. The first-order valence-corrected chi connectivity index (χ1v) is 8.47. The second kappa shape index (κ2) is 7.62. The maximum atomic E-state index is 9.91. The van der Waals surface area contributed by atoms with Crippen molar-refractivity contribution < 1.29 is 14.6 Å². The quantitative estimate of drug-likeness (QED) is 0.875. The Balaban J connectivity index is 1.69. The number of morpholine rings is 1. The second-order valence-corrected chi connectivity index (χ2v) is 6.59. The predicted octanol–water partition coefficient (Wildman–Crippen LogP) is 4.28. The van der Waals surface area contributed by atoms with Crippen molar-refractivity contribution in [1.29, 1.82) is 0 Å². The van der Waals surface area contributed by atoms with E-state index in [-0.39, 0.29) is 11.9 Å². The molecule has 2 aromatic rings. The van der Waals surface area contributed by atoms with Gasteiger partial charge in [0.25, 0.3) is 0 Å². The summed E-state index contributed by atoms with van der Waals surface area (Å²) in [5.41, 5.74) is 2.05. The van der Waals surface area contributed by atoms with Crippen LogP contribution in [0.3, 0.4) is 0 Å². The van der Waals surface area contributed by atoms with Crippen LogP contribution in [-0.2, 0) is 11.3 Å². The van der Waals surface area contributed by atoms with E-state index in [2.05, 4.69) is 4.90 Å². The summed E-state index contributed by atoms with van der Waals surface area (Å²) in [6.07, 6.45) is -0.0413. The molecule has 1 unspecified atom stereocenters. The van der Waals surface area contributed by atoms with Gasteiger partial charge in [-0.1, -0.05) is 35.3 Å². The first-order chi connectivity index (χ1) is 11.6. The van der Waals surface area contributed by atoms with Crippen LogP contribution >= 0.6 is 23.2 Å². The minimum Gasteiger partial charge on any atom is -0.504 e. The fourth-order valence-corrected chi connectivity index (χ4v) is 3.16. The van der Waals surface area contributed by atoms with Gasteiger partial charge in [0.05, 0.1) is 29.9 Å². The van der Waals surface area contributed by atoms with Crippen molar-refractivity contribution >= 4 is 23.2 Å². The smallest absolute Gasteiger partial charge is 0.160 e. The Morgan fingerprint density at radius 3 is 2.75 bits per heavy atom. The van der Waals surface area contributed by atoms with Gasteiger partial charge in [-0.05, 0) is 35.4 Å². The molecule has 0 radical (unpaired) electrons. The molecule has 2 aromatic carbocycles. The van der Waals surface area contributed by atoms with E-state index in [4.69, 9.17) is 32.7 Å². The molecule has 3 rings (SSSR count). The molecule has 0 saturated carbocycles. The van der Waals surface area contributed by atoms with Crippen LogP contribution in [0.2, 0.25) is 10.0 Å². The van der Waals surface area contributed by atoms with E-state index in [1.165, 1.54) is 0 Å². The van der Waals surface area contributed by atoms with Gasteiger partial charge in [-0.15, -0.1) is 0 Å². The SMILES string of the molecule is COc1ccc(CN2CCOC(c3ccc(Cl)c(Cl)c3)C2)cc1O. The van der Waals surface area contributed by atoms with Crippen molar-refractivity contribution in [3.05, 3.63) is 57.6 Å². The van der Waals surface area contributed by atoms with Gasteiger partial charge in [0.15, 0.2) is 11.5 Å². The average Bonchev–Trinajstić information content (AvgIpc) is 2.58. The van der Waals surface area contributed by atoms with Crippen molar-refractivity contribution in [3.8, 4) is 11.5 Å². The lowest BCUT2D eigenvalue weighted by Gasteiger charge is -2.33. The summed E-state index contributed by atoms with van der Waals surface area (Å²) < 4.78 is 11.0. The predicted molar refractivity (Wildman–Crippen MR) is 95.1 cm³/mol. The van der Waals surface area contributed by atoms with E-state index in [9.17, 15) is 5.11 Å². The number of aromatic hydroxyl groups is 1. The Morgan fingerprint density at radius 1 is 1.21 bits per heavy atom. The van der Waals surface area contributed by atoms with Crippen LogP contribution in [0.5, 0.6) is 11.5 Å². The van der Waals surface area contributed by atoms with Crippen molar-refractivity contribution in [2.24, 2.45) is 0 Å². The second-order valence-electron chi connectivity index (χ2n) is 5.77. The number of hydrogen-bond acceptors (Lipinski definition) is 4. The van der Waals surface area contributed by atoms with Gasteiger partial charge in [0.2, 0.25) is 0 Å². The zero-order valence-electron chi connectivity index (χ0n) is 13.3. The van der Waals surface area contributed by atoms with E-state index in [1.54, 1.807) is 25.3 Å². The van der Waals surface area contributed by atoms with Crippen molar-refractivity contribution in [1.82, 2.24) is 4.90 Å². The summed E-state index contributed by atoms with van der Waals surface area (Å²) >= 11 is 12.1. The van der Waals surface area contributed by atoms with Gasteiger partial charge in [0, 0.05) is 19.6 Å². The Kier molecular flexibility index (Phi) is 5.51. The van der Waals surface area contributed by atoms with E-state index in [0.29, 0.717) is 22.4 Å². The van der Waals surface area contributed by atoms with E-state index in [0.717, 1.165) is 30.8 Å². The standard InChI is InChI=1S/C18H19Cl2NO3/c1-23-17-5-2-12(8-16(17)22)10-21-6-7-24-18(11-21)13-3-4-14(19)15(20)9-13/h2-5,8-9,18,22H,6-7,10-11H2,1H3. The molecule has 24 heavy (non-hydrogen) atoms. The van der Waals surface area contributed by atoms with Crippen LogP contribution in [-0.4, -0.2) is 36.8 Å². The minimum absolute atomic E-state index is 0.0413. The number of benzene rings is 2. The molecule has 1 fully saturated rings. The van der Waals surface area contributed by atoms with Gasteiger partial charge < -0.3 is 14.6 Å². The summed E-state index contributed by atoms with van der Waals surface area (Å²) in [5.74, 6) is 0.638. The molecule has 0 aliphatic carbocycles. The number of phenols is 1. The summed E-state index contributed by atoms with van der Waals surface area (Å²) in [5, 5.41) is 11.0. The van der Waals surface area contributed by atoms with Gasteiger partial charge in [-0.25, -0.2) is 0 Å². The largest absolute Gasteiger partial charge is 0.504 e. The molecule has 0 aromatic heterocycles. The number of ether oxygens (including phenoxy) is 2. The maximum Gasteiger partial charge on any atom is 0.160 e. The van der Waals surface area contributed by atoms with Crippen LogP contribution in [0.1, 0.15) is 17.2 Å². The highest BCUT2D eigenvalue weighted by molar-refractivity contribution is 6.42. The lowest BCUT2D eigenvalue weighted by atomic mass is 10.1. The average molecular weight is 368 g/mol. The zero-order valence-corrected chi connectivity index (χ0v) is 14.8. The molecule has 1 atom stereocenters. The molecular weight excluding hydrogens is 349 g/mol. The molecule has 1 heterocycles. The molecule has 4 nitrogen and oxygen atoms in total. The van der Waals surface area contributed by atoms with Crippen molar-refractivity contribution in [2.75, 3.05) is 26.8 Å². The molecule has 1 N–H and O–H groups in total. The first-order valence-electron chi connectivity index (χ1n) is 7.71. The number of nitrogens with zero attached hydrogens (tertiary/aromatic N) is 1. The van der Waals surface area contributed by atoms with Crippen LogP contribution in [0.15, 0.2) is 36.4 Å². The number of methoxy groups -OCH3 is 1. The maximum absolute atomic E-state index is 9.91. The normalized spacial score (nSPS) is 18.5. The third-order valence-electron chi connectivity index (χ3n) is 4.12. The molecule has 1 saturated heterocycles. The topological polar surface area (TPSA) is 41.9 Å². The molecule has 1 aliphatic rings. The summed E-state index contributed by atoms with van der Waals surface area (Å²) in [4.78, 5) is 2.29. The van der Waals surface area contributed by atoms with E-state index < -0.39 is 0 Å². The summed E-state index contributed by atoms with van der Waals surface area (Å²) in [6.45, 7) is 2.97. The number of phenolic OH excluding ortho intramolecular Hbond substituents is 1. The summed E-state index contributed by atoms with van der Waals surface area (Å²) in [7, 11) is 1.54. The fraction of sp³-hybridized carbons (Fsp3) is 0.333. The molecule has 6 heteroatoms. The van der Waals surface area contributed by atoms with Gasteiger partial charge >= 0.3 is 0 Å². The lowest BCUT2D eigenvalue weighted by molar-refractivity contribution is -0.0329. The van der Waals surface area contributed by atoms with Gasteiger partial charge in [0.1, 0.15) is 0 Å².